The third-order valence-corrected chi connectivity index (χ3v) is 4.60. The van der Waals surface area contributed by atoms with Gasteiger partial charge < -0.3 is 11.1 Å². The van der Waals surface area contributed by atoms with Crippen LogP contribution in [0.1, 0.15) is 12.8 Å². The smallest absolute Gasteiger partial charge is 0.238 e. The molecule has 7 heteroatoms. The minimum absolute atomic E-state index is 0. The molecular weight excluding hydrogens is 228 g/mol. The van der Waals surface area contributed by atoms with Gasteiger partial charge in [-0.05, 0) is 25.9 Å². The highest BCUT2D eigenvalue weighted by Gasteiger charge is 2.47. The summed E-state index contributed by atoms with van der Waals surface area (Å²) >= 11 is 0. The Balaban J connectivity index is 0.00000169. The summed E-state index contributed by atoms with van der Waals surface area (Å²) in [6.07, 6.45) is 1.63. The molecule has 1 amide bonds. The zero-order chi connectivity index (χ0) is 10.1. The average Bonchev–Trinajstić information content (AvgIpc) is 2.03. The normalized spacial score (nSPS) is 20.9. The Bertz CT molecular complexity index is 309. The third kappa shape index (κ3) is 2.18. The molecule has 0 unspecified atom stereocenters. The molecule has 0 atom stereocenters. The van der Waals surface area contributed by atoms with Crippen molar-refractivity contribution in [1.29, 1.82) is 0 Å². The minimum atomic E-state index is -3.40. The van der Waals surface area contributed by atoms with Gasteiger partial charge in [0.1, 0.15) is 0 Å². The average molecular weight is 243 g/mol. The van der Waals surface area contributed by atoms with Crippen LogP contribution in [0.3, 0.4) is 0 Å². The summed E-state index contributed by atoms with van der Waals surface area (Å²) in [6.45, 7) is 1.05. The maximum atomic E-state index is 11.4. The number of carbonyl (C=O) groups excluding carboxylic acids is 1. The molecule has 3 N–H and O–H groups in total. The van der Waals surface area contributed by atoms with Crippen LogP contribution in [-0.4, -0.2) is 38.4 Å². The van der Waals surface area contributed by atoms with Crippen LogP contribution in [0.15, 0.2) is 0 Å². The highest BCUT2D eigenvalue weighted by atomic mass is 35.5. The van der Waals surface area contributed by atoms with E-state index in [2.05, 4.69) is 5.32 Å². The van der Waals surface area contributed by atoms with E-state index < -0.39 is 20.5 Å². The zero-order valence-corrected chi connectivity index (χ0v) is 9.58. The van der Waals surface area contributed by atoms with E-state index in [9.17, 15) is 13.2 Å². The molecule has 0 aromatic carbocycles. The maximum absolute atomic E-state index is 11.4. The second kappa shape index (κ2) is 4.46. The summed E-state index contributed by atoms with van der Waals surface area (Å²) in [5.41, 5.74) is 5.14. The second-order valence-corrected chi connectivity index (χ2v) is 5.71. The number of halogens is 1. The van der Waals surface area contributed by atoms with Crippen LogP contribution in [0.2, 0.25) is 0 Å². The lowest BCUT2D eigenvalue weighted by molar-refractivity contribution is -0.121. The molecule has 1 fully saturated rings. The molecular formula is C7H15ClN2O3S. The SMILES string of the molecule is CS(=O)(=O)C1(C(N)=O)CCNCC1.Cl. The highest BCUT2D eigenvalue weighted by molar-refractivity contribution is 7.92. The van der Waals surface area contributed by atoms with Gasteiger partial charge in [-0.3, -0.25) is 4.79 Å². The summed E-state index contributed by atoms with van der Waals surface area (Å²) in [6, 6.07) is 0. The fourth-order valence-corrected chi connectivity index (χ4v) is 2.94. The van der Waals surface area contributed by atoms with Gasteiger partial charge in [-0.2, -0.15) is 0 Å². The van der Waals surface area contributed by atoms with E-state index in [1.807, 2.05) is 0 Å². The molecule has 1 aliphatic rings. The molecule has 0 saturated carbocycles. The molecule has 0 radical (unpaired) electrons. The molecule has 0 bridgehead atoms. The quantitative estimate of drug-likeness (QED) is 0.654. The van der Waals surface area contributed by atoms with Crippen LogP contribution >= 0.6 is 12.4 Å². The van der Waals surface area contributed by atoms with E-state index in [0.29, 0.717) is 13.1 Å². The number of carbonyl (C=O) groups is 1. The fourth-order valence-electron chi connectivity index (χ4n) is 1.63. The van der Waals surface area contributed by atoms with E-state index in [1.165, 1.54) is 0 Å². The number of sulfone groups is 1. The van der Waals surface area contributed by atoms with Crippen molar-refractivity contribution in [1.82, 2.24) is 5.32 Å². The highest BCUT2D eigenvalue weighted by Crippen LogP contribution is 2.26. The Hall–Kier alpha value is -0.330. The van der Waals surface area contributed by atoms with Crippen LogP contribution in [-0.2, 0) is 14.6 Å². The first-order valence-electron chi connectivity index (χ1n) is 4.10. The minimum Gasteiger partial charge on any atom is -0.368 e. The Morgan fingerprint density at radius 3 is 2.00 bits per heavy atom. The van der Waals surface area contributed by atoms with E-state index in [-0.39, 0.29) is 25.2 Å². The topological polar surface area (TPSA) is 89.3 Å². The molecule has 5 nitrogen and oxygen atoms in total. The summed E-state index contributed by atoms with van der Waals surface area (Å²) in [4.78, 5) is 11.1. The Morgan fingerprint density at radius 1 is 1.36 bits per heavy atom. The van der Waals surface area contributed by atoms with Crippen molar-refractivity contribution in [2.24, 2.45) is 5.73 Å². The standard InChI is InChI=1S/C7H14N2O3S.ClH/c1-13(11,12)7(6(8)10)2-4-9-5-3-7;/h9H,2-5H2,1H3,(H2,8,10);1H. The first-order valence-corrected chi connectivity index (χ1v) is 5.99. The van der Waals surface area contributed by atoms with Gasteiger partial charge >= 0.3 is 0 Å². The summed E-state index contributed by atoms with van der Waals surface area (Å²) < 4.78 is 21.5. The van der Waals surface area contributed by atoms with Gasteiger partial charge in [0.15, 0.2) is 14.6 Å². The predicted octanol–water partition coefficient (Wildman–Crippen LogP) is -0.940. The number of rotatable bonds is 2. The first kappa shape index (κ1) is 13.7. The Kier molecular flexibility index (Phi) is 4.35. The van der Waals surface area contributed by atoms with Gasteiger partial charge in [-0.15, -0.1) is 12.4 Å². The van der Waals surface area contributed by atoms with E-state index in [4.69, 9.17) is 5.73 Å². The predicted molar refractivity (Wildman–Crippen MR) is 56.1 cm³/mol. The van der Waals surface area contributed by atoms with Gasteiger partial charge in [0.05, 0.1) is 0 Å². The largest absolute Gasteiger partial charge is 0.368 e. The molecule has 0 aromatic rings. The van der Waals surface area contributed by atoms with Crippen molar-refractivity contribution in [2.75, 3.05) is 19.3 Å². The molecule has 1 saturated heterocycles. The number of nitrogens with one attached hydrogen (secondary N) is 1. The lowest BCUT2D eigenvalue weighted by Gasteiger charge is -2.32. The van der Waals surface area contributed by atoms with Crippen molar-refractivity contribution >= 4 is 28.2 Å². The number of hydrogen-bond donors (Lipinski definition) is 2. The summed E-state index contributed by atoms with van der Waals surface area (Å²) in [5, 5.41) is 2.99. The molecule has 14 heavy (non-hydrogen) atoms. The van der Waals surface area contributed by atoms with Crippen LogP contribution < -0.4 is 11.1 Å². The molecule has 1 aliphatic heterocycles. The van der Waals surface area contributed by atoms with Gasteiger partial charge in [-0.25, -0.2) is 8.42 Å². The van der Waals surface area contributed by atoms with E-state index in [1.54, 1.807) is 0 Å². The lowest BCUT2D eigenvalue weighted by atomic mass is 9.96. The molecule has 0 aliphatic carbocycles. The number of piperidine rings is 1. The van der Waals surface area contributed by atoms with E-state index in [0.717, 1.165) is 6.26 Å². The summed E-state index contributed by atoms with van der Waals surface area (Å²) in [5.74, 6) is -0.725. The third-order valence-electron chi connectivity index (χ3n) is 2.57. The second-order valence-electron chi connectivity index (χ2n) is 3.38. The van der Waals surface area contributed by atoms with Gasteiger partial charge in [0.2, 0.25) is 5.91 Å². The van der Waals surface area contributed by atoms with Crippen LogP contribution in [0.25, 0.3) is 0 Å². The zero-order valence-electron chi connectivity index (χ0n) is 7.95. The van der Waals surface area contributed by atoms with Gasteiger partial charge in [0.25, 0.3) is 0 Å². The van der Waals surface area contributed by atoms with Crippen molar-refractivity contribution in [3.63, 3.8) is 0 Å². The van der Waals surface area contributed by atoms with E-state index >= 15 is 0 Å². The monoisotopic (exact) mass is 242 g/mol. The first-order chi connectivity index (χ1) is 5.90. The Morgan fingerprint density at radius 2 is 1.79 bits per heavy atom. The van der Waals surface area contributed by atoms with Crippen LogP contribution in [0.4, 0.5) is 0 Å². The van der Waals surface area contributed by atoms with Crippen molar-refractivity contribution in [3.05, 3.63) is 0 Å². The molecule has 0 aromatic heterocycles. The Labute approximate surface area is 89.8 Å². The molecule has 1 heterocycles. The number of hydrogen-bond acceptors (Lipinski definition) is 4. The number of nitrogens with two attached hydrogens (primary N) is 1. The van der Waals surface area contributed by atoms with Gasteiger partial charge in [-0.1, -0.05) is 0 Å². The van der Waals surface area contributed by atoms with Crippen LogP contribution in [0.5, 0.6) is 0 Å². The van der Waals surface area contributed by atoms with Crippen molar-refractivity contribution < 1.29 is 13.2 Å². The molecule has 0 spiro atoms. The number of amides is 1. The van der Waals surface area contributed by atoms with Crippen LogP contribution in [0, 0.1) is 0 Å². The molecule has 84 valence electrons. The fraction of sp³-hybridized carbons (Fsp3) is 0.857. The van der Waals surface area contributed by atoms with Crippen molar-refractivity contribution in [2.45, 2.75) is 17.6 Å². The summed E-state index contributed by atoms with van der Waals surface area (Å²) in [7, 11) is -3.40. The lowest BCUT2D eigenvalue weighted by Crippen LogP contribution is -2.55. The number of primary amides is 1. The molecule has 1 rings (SSSR count). The maximum Gasteiger partial charge on any atom is 0.238 e. The van der Waals surface area contributed by atoms with Crippen molar-refractivity contribution in [3.8, 4) is 0 Å². The van der Waals surface area contributed by atoms with Gasteiger partial charge in [0, 0.05) is 6.26 Å².